The molecule has 56 valence electrons. The Morgan fingerprint density at radius 1 is 1.33 bits per heavy atom. The lowest BCUT2D eigenvalue weighted by molar-refractivity contribution is 0.543. The molecule has 0 amide bonds. The van der Waals surface area contributed by atoms with E-state index in [1.54, 1.807) is 0 Å². The van der Waals surface area contributed by atoms with Gasteiger partial charge in [-0.3, -0.25) is 0 Å². The van der Waals surface area contributed by atoms with Crippen molar-refractivity contribution in [1.82, 2.24) is 0 Å². The summed E-state index contributed by atoms with van der Waals surface area (Å²) in [5, 5.41) is 0. The van der Waals surface area contributed by atoms with E-state index in [2.05, 4.69) is 12.6 Å². The van der Waals surface area contributed by atoms with Gasteiger partial charge >= 0.3 is 0 Å². The van der Waals surface area contributed by atoms with E-state index >= 15 is 0 Å². The van der Waals surface area contributed by atoms with Crippen molar-refractivity contribution >= 4 is 20.9 Å². The summed E-state index contributed by atoms with van der Waals surface area (Å²) in [6, 6.07) is 1.02. The van der Waals surface area contributed by atoms with Gasteiger partial charge in [-0.1, -0.05) is 6.42 Å². The second-order valence-electron chi connectivity index (χ2n) is 2.99. The van der Waals surface area contributed by atoms with Crippen LogP contribution in [0.3, 0.4) is 0 Å². The molecule has 3 heteroatoms. The highest BCUT2D eigenvalue weighted by molar-refractivity contribution is 7.80. The minimum atomic E-state index is -1.73. The number of hydrogen-bond donors (Lipinski definition) is 2. The molecule has 0 aromatic rings. The summed E-state index contributed by atoms with van der Waals surface area (Å²) in [6.45, 7) is 3.96. The molecule has 0 aromatic carbocycles. The Bertz CT molecular complexity index is 69.9. The second kappa shape index (κ2) is 4.36. The average molecular weight is 164 g/mol. The molecule has 0 bridgehead atoms. The van der Waals surface area contributed by atoms with Crippen LogP contribution in [0.2, 0.25) is 19.1 Å². The lowest BCUT2D eigenvalue weighted by Gasteiger charge is -2.12. The van der Waals surface area contributed by atoms with Crippen LogP contribution in [-0.2, 0) is 0 Å². The first-order valence-corrected chi connectivity index (χ1v) is 7.18. The van der Waals surface area contributed by atoms with E-state index in [9.17, 15) is 4.80 Å². The topological polar surface area (TPSA) is 20.2 Å². The molecule has 0 heterocycles. The molecule has 0 aromatic heterocycles. The Labute approximate surface area is 64.0 Å². The van der Waals surface area contributed by atoms with E-state index in [-0.39, 0.29) is 0 Å². The van der Waals surface area contributed by atoms with Crippen LogP contribution in [0, 0.1) is 0 Å². The Kier molecular flexibility index (Phi) is 4.61. The molecular weight excluding hydrogens is 148 g/mol. The molecule has 0 aliphatic carbocycles. The average Bonchev–Trinajstić information content (AvgIpc) is 1.63. The Morgan fingerprint density at radius 3 is 2.22 bits per heavy atom. The van der Waals surface area contributed by atoms with Gasteiger partial charge in [-0.15, -0.1) is 0 Å². The molecule has 0 spiro atoms. The fraction of sp³-hybridized carbons (Fsp3) is 1.00. The van der Waals surface area contributed by atoms with E-state index in [4.69, 9.17) is 0 Å². The molecular formula is C6H16OSSi. The Hall–Kier alpha value is 0.527. The van der Waals surface area contributed by atoms with Crippen molar-refractivity contribution in [3.63, 3.8) is 0 Å². The summed E-state index contributed by atoms with van der Waals surface area (Å²) in [5.74, 6) is 0.949. The molecule has 1 N–H and O–H groups in total. The highest BCUT2D eigenvalue weighted by atomic mass is 32.1. The summed E-state index contributed by atoms with van der Waals surface area (Å²) >= 11 is 4.08. The first-order chi connectivity index (χ1) is 4.06. The van der Waals surface area contributed by atoms with Gasteiger partial charge in [-0.25, -0.2) is 0 Å². The van der Waals surface area contributed by atoms with Crippen LogP contribution in [0.4, 0.5) is 0 Å². The van der Waals surface area contributed by atoms with Crippen molar-refractivity contribution in [3.05, 3.63) is 0 Å². The first kappa shape index (κ1) is 9.53. The van der Waals surface area contributed by atoms with E-state index in [0.717, 1.165) is 24.6 Å². The highest BCUT2D eigenvalue weighted by Gasteiger charge is 2.14. The predicted molar refractivity (Wildman–Crippen MR) is 47.6 cm³/mol. The standard InChI is InChI=1S/C6H16OSSi/c1-9(2,7)6-4-3-5-8/h7-8H,3-6H2,1-2H3. The molecule has 0 aliphatic rings. The molecule has 0 rings (SSSR count). The van der Waals surface area contributed by atoms with Crippen LogP contribution in [0.15, 0.2) is 0 Å². The van der Waals surface area contributed by atoms with Crippen LogP contribution in [0.5, 0.6) is 0 Å². The summed E-state index contributed by atoms with van der Waals surface area (Å²) in [4.78, 5) is 9.36. The fourth-order valence-corrected chi connectivity index (χ4v) is 2.01. The summed E-state index contributed by atoms with van der Waals surface area (Å²) < 4.78 is 0. The zero-order valence-electron chi connectivity index (χ0n) is 6.22. The molecule has 9 heavy (non-hydrogen) atoms. The molecule has 0 radical (unpaired) electrons. The van der Waals surface area contributed by atoms with E-state index in [1.165, 1.54) is 0 Å². The zero-order valence-corrected chi connectivity index (χ0v) is 8.12. The van der Waals surface area contributed by atoms with E-state index in [1.807, 2.05) is 13.1 Å². The largest absolute Gasteiger partial charge is 0.432 e. The third-order valence-corrected chi connectivity index (χ3v) is 3.09. The normalized spacial score (nSPS) is 12.0. The minimum absolute atomic E-state index is 0.949. The lowest BCUT2D eigenvalue weighted by Crippen LogP contribution is -2.23. The fourth-order valence-electron chi connectivity index (χ4n) is 0.669. The van der Waals surface area contributed by atoms with Gasteiger partial charge in [-0.2, -0.15) is 12.6 Å². The summed E-state index contributed by atoms with van der Waals surface area (Å²) in [5.41, 5.74) is 0. The van der Waals surface area contributed by atoms with Crippen LogP contribution >= 0.6 is 12.6 Å². The van der Waals surface area contributed by atoms with Gasteiger partial charge in [0.2, 0.25) is 0 Å². The SMILES string of the molecule is C[Si](C)(O)CCCCS. The molecule has 0 aliphatic heterocycles. The number of rotatable bonds is 4. The summed E-state index contributed by atoms with van der Waals surface area (Å²) in [7, 11) is -1.73. The van der Waals surface area contributed by atoms with Gasteiger partial charge in [-0.05, 0) is 31.3 Å². The van der Waals surface area contributed by atoms with Crippen LogP contribution in [0.25, 0.3) is 0 Å². The Morgan fingerprint density at radius 2 is 1.89 bits per heavy atom. The third-order valence-electron chi connectivity index (χ3n) is 1.20. The van der Waals surface area contributed by atoms with Gasteiger partial charge < -0.3 is 4.80 Å². The first-order valence-electron chi connectivity index (χ1n) is 3.39. The monoisotopic (exact) mass is 164 g/mol. The minimum Gasteiger partial charge on any atom is -0.432 e. The van der Waals surface area contributed by atoms with Crippen molar-refractivity contribution in [2.75, 3.05) is 5.75 Å². The predicted octanol–water partition coefficient (Wildman–Crippen LogP) is 1.89. The molecule has 0 saturated heterocycles. The van der Waals surface area contributed by atoms with Gasteiger partial charge in [0.05, 0.1) is 0 Å². The summed E-state index contributed by atoms with van der Waals surface area (Å²) in [6.07, 6.45) is 2.28. The van der Waals surface area contributed by atoms with Crippen LogP contribution in [-0.4, -0.2) is 18.9 Å². The van der Waals surface area contributed by atoms with Crippen LogP contribution in [0.1, 0.15) is 12.8 Å². The van der Waals surface area contributed by atoms with Crippen molar-refractivity contribution in [2.45, 2.75) is 32.0 Å². The van der Waals surface area contributed by atoms with Gasteiger partial charge in [0.15, 0.2) is 8.32 Å². The third kappa shape index (κ3) is 8.53. The highest BCUT2D eigenvalue weighted by Crippen LogP contribution is 2.09. The number of thiol groups is 1. The lowest BCUT2D eigenvalue weighted by atomic mass is 10.4. The molecule has 0 atom stereocenters. The maximum atomic E-state index is 9.36. The maximum Gasteiger partial charge on any atom is 0.182 e. The van der Waals surface area contributed by atoms with E-state index in [0.29, 0.717) is 0 Å². The maximum absolute atomic E-state index is 9.36. The second-order valence-corrected chi connectivity index (χ2v) is 7.57. The molecule has 0 saturated carbocycles. The number of unbranched alkanes of at least 4 members (excludes halogenated alkanes) is 1. The van der Waals surface area contributed by atoms with Gasteiger partial charge in [0, 0.05) is 0 Å². The molecule has 0 unspecified atom stereocenters. The zero-order chi connectivity index (χ0) is 7.33. The quantitative estimate of drug-likeness (QED) is 0.369. The van der Waals surface area contributed by atoms with Crippen LogP contribution < -0.4 is 0 Å². The van der Waals surface area contributed by atoms with Crippen molar-refractivity contribution in [2.24, 2.45) is 0 Å². The van der Waals surface area contributed by atoms with Gasteiger partial charge in [0.1, 0.15) is 0 Å². The van der Waals surface area contributed by atoms with Gasteiger partial charge in [0.25, 0.3) is 0 Å². The number of hydrogen-bond acceptors (Lipinski definition) is 2. The Balaban J connectivity index is 3.07. The van der Waals surface area contributed by atoms with E-state index < -0.39 is 8.32 Å². The van der Waals surface area contributed by atoms with Crippen molar-refractivity contribution < 1.29 is 4.80 Å². The molecule has 1 nitrogen and oxygen atoms in total. The molecule has 0 fully saturated rings. The van der Waals surface area contributed by atoms with Crippen molar-refractivity contribution in [1.29, 1.82) is 0 Å². The van der Waals surface area contributed by atoms with Crippen molar-refractivity contribution in [3.8, 4) is 0 Å². The smallest absolute Gasteiger partial charge is 0.182 e.